The third-order valence-corrected chi connectivity index (χ3v) is 5.00. The zero-order chi connectivity index (χ0) is 12.8. The summed E-state index contributed by atoms with van der Waals surface area (Å²) in [5.74, 6) is 1.51. The van der Waals surface area contributed by atoms with E-state index in [-0.39, 0.29) is 5.41 Å². The molecule has 3 fully saturated rings. The minimum Gasteiger partial charge on any atom is -0.339 e. The fourth-order valence-electron chi connectivity index (χ4n) is 3.24. The molecule has 0 aromatic carbocycles. The van der Waals surface area contributed by atoms with Gasteiger partial charge < -0.3 is 10.2 Å². The molecule has 0 bridgehead atoms. The monoisotopic (exact) mass is 250 g/mol. The normalized spacial score (nSPS) is 31.1. The van der Waals surface area contributed by atoms with Crippen LogP contribution in [0.2, 0.25) is 0 Å². The second-order valence-corrected chi connectivity index (χ2v) is 7.16. The summed E-state index contributed by atoms with van der Waals surface area (Å²) < 4.78 is 0. The van der Waals surface area contributed by atoms with E-state index in [4.69, 9.17) is 0 Å². The predicted molar refractivity (Wildman–Crippen MR) is 72.2 cm³/mol. The Bertz CT molecular complexity index is 329. The Hall–Kier alpha value is -0.570. The fourth-order valence-corrected chi connectivity index (χ4v) is 3.24. The standard InChI is InChI=1S/C15H26N2O/c1-15(2)9-13(15)14(18)17(12-3-4-12)10-11-5-7-16-8-6-11/h11-13,16H,3-10H2,1-2H3. The van der Waals surface area contributed by atoms with E-state index in [1.54, 1.807) is 0 Å². The van der Waals surface area contributed by atoms with Gasteiger partial charge in [-0.1, -0.05) is 13.8 Å². The smallest absolute Gasteiger partial charge is 0.226 e. The highest BCUT2D eigenvalue weighted by atomic mass is 16.2. The largest absolute Gasteiger partial charge is 0.339 e. The Morgan fingerprint density at radius 3 is 2.33 bits per heavy atom. The molecule has 0 aromatic heterocycles. The molecule has 1 aliphatic heterocycles. The van der Waals surface area contributed by atoms with E-state index >= 15 is 0 Å². The molecule has 18 heavy (non-hydrogen) atoms. The van der Waals surface area contributed by atoms with Crippen LogP contribution in [0.4, 0.5) is 0 Å². The molecule has 0 spiro atoms. The summed E-state index contributed by atoms with van der Waals surface area (Å²) in [6.45, 7) is 7.74. The molecular weight excluding hydrogens is 224 g/mol. The van der Waals surface area contributed by atoms with Gasteiger partial charge in [0.1, 0.15) is 0 Å². The van der Waals surface area contributed by atoms with E-state index in [0.717, 1.165) is 32.0 Å². The average Bonchev–Trinajstić information content (AvgIpc) is 3.24. The molecule has 1 heterocycles. The number of hydrogen-bond acceptors (Lipinski definition) is 2. The maximum Gasteiger partial charge on any atom is 0.226 e. The Kier molecular flexibility index (Phi) is 3.13. The maximum atomic E-state index is 12.6. The Morgan fingerprint density at radius 2 is 1.83 bits per heavy atom. The molecule has 0 aromatic rings. The second kappa shape index (κ2) is 4.52. The fraction of sp³-hybridized carbons (Fsp3) is 0.933. The van der Waals surface area contributed by atoms with E-state index in [0.29, 0.717) is 17.9 Å². The van der Waals surface area contributed by atoms with Crippen LogP contribution in [0.5, 0.6) is 0 Å². The number of carbonyl (C=O) groups is 1. The molecule has 0 radical (unpaired) electrons. The minimum atomic E-state index is 0.276. The zero-order valence-electron chi connectivity index (χ0n) is 11.7. The number of rotatable bonds is 4. The van der Waals surface area contributed by atoms with Crippen LogP contribution in [0, 0.1) is 17.3 Å². The van der Waals surface area contributed by atoms with E-state index in [1.807, 2.05) is 0 Å². The highest BCUT2D eigenvalue weighted by molar-refractivity contribution is 5.83. The van der Waals surface area contributed by atoms with Crippen LogP contribution in [0.15, 0.2) is 0 Å². The van der Waals surface area contributed by atoms with Crippen molar-refractivity contribution in [3.8, 4) is 0 Å². The van der Waals surface area contributed by atoms with Crippen LogP contribution in [-0.2, 0) is 4.79 Å². The van der Waals surface area contributed by atoms with Crippen molar-refractivity contribution in [1.29, 1.82) is 0 Å². The summed E-state index contributed by atoms with van der Waals surface area (Å²) in [6.07, 6.45) is 6.06. The minimum absolute atomic E-state index is 0.276. The molecule has 3 aliphatic rings. The zero-order valence-corrected chi connectivity index (χ0v) is 11.7. The van der Waals surface area contributed by atoms with Crippen molar-refractivity contribution in [1.82, 2.24) is 10.2 Å². The van der Waals surface area contributed by atoms with Gasteiger partial charge in [-0.25, -0.2) is 0 Å². The molecule has 1 N–H and O–H groups in total. The van der Waals surface area contributed by atoms with Crippen molar-refractivity contribution in [2.45, 2.75) is 52.0 Å². The number of hydrogen-bond donors (Lipinski definition) is 1. The number of nitrogens with one attached hydrogen (secondary N) is 1. The van der Waals surface area contributed by atoms with Crippen LogP contribution in [0.1, 0.15) is 46.0 Å². The first-order valence-electron chi connectivity index (χ1n) is 7.59. The lowest BCUT2D eigenvalue weighted by atomic mass is 9.97. The van der Waals surface area contributed by atoms with Gasteiger partial charge in [0.05, 0.1) is 0 Å². The molecule has 2 aliphatic carbocycles. The van der Waals surface area contributed by atoms with Gasteiger partial charge in [-0.2, -0.15) is 0 Å². The van der Waals surface area contributed by atoms with Gasteiger partial charge in [0.2, 0.25) is 5.91 Å². The van der Waals surface area contributed by atoms with Crippen molar-refractivity contribution in [2.24, 2.45) is 17.3 Å². The summed E-state index contributed by atoms with van der Waals surface area (Å²) in [5, 5.41) is 3.41. The van der Waals surface area contributed by atoms with Crippen molar-refractivity contribution in [3.63, 3.8) is 0 Å². The number of piperidine rings is 1. The Morgan fingerprint density at radius 1 is 1.22 bits per heavy atom. The lowest BCUT2D eigenvalue weighted by Crippen LogP contribution is -2.41. The van der Waals surface area contributed by atoms with Gasteiger partial charge in [0.25, 0.3) is 0 Å². The summed E-state index contributed by atoms with van der Waals surface area (Å²) in [4.78, 5) is 14.8. The number of carbonyl (C=O) groups excluding carboxylic acids is 1. The average molecular weight is 250 g/mol. The van der Waals surface area contributed by atoms with Crippen molar-refractivity contribution < 1.29 is 4.79 Å². The van der Waals surface area contributed by atoms with Gasteiger partial charge in [-0.15, -0.1) is 0 Å². The van der Waals surface area contributed by atoms with E-state index in [1.165, 1.54) is 25.7 Å². The van der Waals surface area contributed by atoms with Crippen LogP contribution in [0.25, 0.3) is 0 Å². The summed E-state index contributed by atoms with van der Waals surface area (Å²) >= 11 is 0. The van der Waals surface area contributed by atoms with Crippen molar-refractivity contribution in [2.75, 3.05) is 19.6 Å². The van der Waals surface area contributed by atoms with E-state index in [9.17, 15) is 4.79 Å². The molecule has 1 atom stereocenters. The molecule has 102 valence electrons. The van der Waals surface area contributed by atoms with Crippen LogP contribution >= 0.6 is 0 Å². The lowest BCUT2D eigenvalue weighted by molar-refractivity contribution is -0.134. The topological polar surface area (TPSA) is 32.3 Å². The summed E-state index contributed by atoms with van der Waals surface area (Å²) in [5.41, 5.74) is 0.276. The van der Waals surface area contributed by atoms with E-state index in [2.05, 4.69) is 24.1 Å². The van der Waals surface area contributed by atoms with Crippen LogP contribution < -0.4 is 5.32 Å². The second-order valence-electron chi connectivity index (χ2n) is 7.16. The molecule has 1 unspecified atom stereocenters. The molecule has 1 amide bonds. The Labute approximate surface area is 110 Å². The highest BCUT2D eigenvalue weighted by Crippen LogP contribution is 2.53. The number of nitrogens with zero attached hydrogens (tertiary/aromatic N) is 1. The SMILES string of the molecule is CC1(C)CC1C(=O)N(CC1CCNCC1)C1CC1. The quantitative estimate of drug-likeness (QED) is 0.828. The Balaban J connectivity index is 1.59. The molecule has 3 nitrogen and oxygen atoms in total. The van der Waals surface area contributed by atoms with Crippen molar-refractivity contribution in [3.05, 3.63) is 0 Å². The van der Waals surface area contributed by atoms with Crippen molar-refractivity contribution >= 4 is 5.91 Å². The van der Waals surface area contributed by atoms with E-state index < -0.39 is 0 Å². The van der Waals surface area contributed by atoms with Gasteiger partial charge in [0.15, 0.2) is 0 Å². The van der Waals surface area contributed by atoms with Gasteiger partial charge in [-0.05, 0) is 56.5 Å². The third kappa shape index (κ3) is 2.56. The molecule has 2 saturated carbocycles. The van der Waals surface area contributed by atoms with Crippen LogP contribution in [-0.4, -0.2) is 36.5 Å². The maximum absolute atomic E-state index is 12.6. The first-order chi connectivity index (χ1) is 8.58. The van der Waals surface area contributed by atoms with Crippen LogP contribution in [0.3, 0.4) is 0 Å². The van der Waals surface area contributed by atoms with Gasteiger partial charge in [0, 0.05) is 18.5 Å². The predicted octanol–water partition coefficient (Wildman–Crippen LogP) is 2.02. The number of amides is 1. The molecule has 3 rings (SSSR count). The first kappa shape index (κ1) is 12.5. The van der Waals surface area contributed by atoms with Gasteiger partial charge >= 0.3 is 0 Å². The lowest BCUT2D eigenvalue weighted by Gasteiger charge is -2.30. The highest BCUT2D eigenvalue weighted by Gasteiger charge is 2.53. The van der Waals surface area contributed by atoms with Gasteiger partial charge in [-0.3, -0.25) is 4.79 Å². The summed E-state index contributed by atoms with van der Waals surface area (Å²) in [7, 11) is 0. The molecular formula is C15H26N2O. The summed E-state index contributed by atoms with van der Waals surface area (Å²) in [6, 6.07) is 0.587. The third-order valence-electron chi connectivity index (χ3n) is 5.00. The first-order valence-corrected chi connectivity index (χ1v) is 7.59. The molecule has 1 saturated heterocycles. The molecule has 3 heteroatoms.